The minimum absolute atomic E-state index is 0. The predicted molar refractivity (Wildman–Crippen MR) is 79.2 cm³/mol. The van der Waals surface area contributed by atoms with Crippen LogP contribution in [0.4, 0.5) is 0 Å². The van der Waals surface area contributed by atoms with Gasteiger partial charge in [-0.1, -0.05) is 39.0 Å². The molecular weight excluding hydrogens is 246 g/mol. The molecule has 3 heteroatoms. The third kappa shape index (κ3) is 4.11. The van der Waals surface area contributed by atoms with Crippen LogP contribution in [0.15, 0.2) is 0 Å². The van der Waals surface area contributed by atoms with E-state index >= 15 is 0 Å². The molecular formula is C15H30ClNO. The van der Waals surface area contributed by atoms with Crippen LogP contribution in [0.2, 0.25) is 0 Å². The van der Waals surface area contributed by atoms with Crippen molar-refractivity contribution in [2.45, 2.75) is 51.9 Å². The Kier molecular flexibility index (Phi) is 7.59. The highest BCUT2D eigenvalue weighted by molar-refractivity contribution is 5.85. The average Bonchev–Trinajstić information content (AvgIpc) is 2.38. The molecule has 2 saturated carbocycles. The van der Waals surface area contributed by atoms with Crippen molar-refractivity contribution in [2.24, 2.45) is 17.8 Å². The monoisotopic (exact) mass is 275 g/mol. The molecule has 2 rings (SSSR count). The molecule has 0 amide bonds. The standard InChI is InChI=1S/C15H29NO.ClH/c1-2-16(10-11-17)12-14-8-5-7-13-6-3-4-9-15(13)14;/h13-15,17H,2-12H2,1H3;1H. The van der Waals surface area contributed by atoms with E-state index in [4.69, 9.17) is 5.11 Å². The zero-order valence-corrected chi connectivity index (χ0v) is 12.6. The summed E-state index contributed by atoms with van der Waals surface area (Å²) in [7, 11) is 0. The lowest BCUT2D eigenvalue weighted by atomic mass is 9.65. The number of hydrogen-bond donors (Lipinski definition) is 1. The molecule has 0 heterocycles. The Morgan fingerprint density at radius 3 is 2.50 bits per heavy atom. The van der Waals surface area contributed by atoms with Crippen molar-refractivity contribution in [1.29, 1.82) is 0 Å². The molecule has 0 radical (unpaired) electrons. The number of hydrogen-bond acceptors (Lipinski definition) is 2. The second-order valence-corrected chi connectivity index (χ2v) is 6.02. The van der Waals surface area contributed by atoms with Crippen LogP contribution >= 0.6 is 12.4 Å². The maximum absolute atomic E-state index is 9.09. The van der Waals surface area contributed by atoms with Gasteiger partial charge in [0.05, 0.1) is 6.61 Å². The molecule has 3 unspecified atom stereocenters. The molecule has 18 heavy (non-hydrogen) atoms. The number of nitrogens with zero attached hydrogens (tertiary/aromatic N) is 1. The summed E-state index contributed by atoms with van der Waals surface area (Å²) in [5.41, 5.74) is 0. The average molecular weight is 276 g/mol. The molecule has 1 N–H and O–H groups in total. The van der Waals surface area contributed by atoms with Crippen LogP contribution in [0, 0.1) is 17.8 Å². The molecule has 2 aliphatic rings. The third-order valence-electron chi connectivity index (χ3n) is 5.08. The molecule has 0 spiro atoms. The molecule has 2 nitrogen and oxygen atoms in total. The quantitative estimate of drug-likeness (QED) is 0.832. The Morgan fingerprint density at radius 2 is 1.78 bits per heavy atom. The van der Waals surface area contributed by atoms with E-state index in [2.05, 4.69) is 11.8 Å². The van der Waals surface area contributed by atoms with E-state index in [1.165, 1.54) is 51.5 Å². The number of likely N-dealkylation sites (N-methyl/N-ethyl adjacent to an activating group) is 1. The van der Waals surface area contributed by atoms with E-state index in [0.29, 0.717) is 6.61 Å². The van der Waals surface area contributed by atoms with Gasteiger partial charge in [-0.2, -0.15) is 0 Å². The summed E-state index contributed by atoms with van der Waals surface area (Å²) in [4.78, 5) is 2.45. The molecule has 2 aliphatic carbocycles. The van der Waals surface area contributed by atoms with Gasteiger partial charge < -0.3 is 10.0 Å². The van der Waals surface area contributed by atoms with Crippen LogP contribution < -0.4 is 0 Å². The summed E-state index contributed by atoms with van der Waals surface area (Å²) in [5, 5.41) is 9.09. The first-order chi connectivity index (χ1) is 8.35. The largest absolute Gasteiger partial charge is 0.395 e. The minimum atomic E-state index is 0. The van der Waals surface area contributed by atoms with Gasteiger partial charge in [-0.15, -0.1) is 12.4 Å². The molecule has 108 valence electrons. The Morgan fingerprint density at radius 1 is 1.06 bits per heavy atom. The van der Waals surface area contributed by atoms with E-state index in [-0.39, 0.29) is 12.4 Å². The van der Waals surface area contributed by atoms with Crippen molar-refractivity contribution < 1.29 is 5.11 Å². The second-order valence-electron chi connectivity index (χ2n) is 6.02. The molecule has 2 fully saturated rings. The first-order valence-corrected chi connectivity index (χ1v) is 7.68. The molecule has 0 bridgehead atoms. The fraction of sp³-hybridized carbons (Fsp3) is 1.00. The summed E-state index contributed by atoms with van der Waals surface area (Å²) in [6.07, 6.45) is 10.3. The Bertz CT molecular complexity index is 223. The summed E-state index contributed by atoms with van der Waals surface area (Å²) < 4.78 is 0. The number of rotatable bonds is 5. The number of fused-ring (bicyclic) bond motifs is 1. The first kappa shape index (κ1) is 16.3. The second kappa shape index (κ2) is 8.39. The van der Waals surface area contributed by atoms with E-state index in [1.807, 2.05) is 0 Å². The first-order valence-electron chi connectivity index (χ1n) is 7.68. The van der Waals surface area contributed by atoms with Gasteiger partial charge in [0, 0.05) is 13.1 Å². The molecule has 0 saturated heterocycles. The van der Waals surface area contributed by atoms with Crippen LogP contribution in [0.3, 0.4) is 0 Å². The predicted octanol–water partition coefficient (Wildman–Crippen LogP) is 3.33. The lowest BCUT2D eigenvalue weighted by molar-refractivity contribution is 0.0685. The fourth-order valence-electron chi connectivity index (χ4n) is 4.15. The van der Waals surface area contributed by atoms with Crippen molar-refractivity contribution in [2.75, 3.05) is 26.2 Å². The Labute approximate surface area is 119 Å². The van der Waals surface area contributed by atoms with E-state index in [1.54, 1.807) is 0 Å². The van der Waals surface area contributed by atoms with Gasteiger partial charge in [0.2, 0.25) is 0 Å². The van der Waals surface area contributed by atoms with Crippen molar-refractivity contribution in [3.8, 4) is 0 Å². The van der Waals surface area contributed by atoms with E-state index in [0.717, 1.165) is 30.8 Å². The summed E-state index contributed by atoms with van der Waals surface area (Å²) in [6, 6.07) is 0. The van der Waals surface area contributed by atoms with Gasteiger partial charge in [-0.3, -0.25) is 0 Å². The zero-order valence-electron chi connectivity index (χ0n) is 11.8. The lowest BCUT2D eigenvalue weighted by Gasteiger charge is -2.43. The number of aliphatic hydroxyl groups is 1. The Hall–Kier alpha value is 0.210. The van der Waals surface area contributed by atoms with Crippen LogP contribution in [-0.4, -0.2) is 36.2 Å². The lowest BCUT2D eigenvalue weighted by Crippen LogP contribution is -2.40. The highest BCUT2D eigenvalue weighted by Gasteiger charge is 2.35. The van der Waals surface area contributed by atoms with E-state index in [9.17, 15) is 0 Å². The SMILES string of the molecule is CCN(CCO)CC1CCCC2CCCCC21.Cl. The Balaban J connectivity index is 0.00000162. The zero-order chi connectivity index (χ0) is 12.1. The number of halogens is 1. The topological polar surface area (TPSA) is 23.5 Å². The van der Waals surface area contributed by atoms with Crippen LogP contribution in [0.5, 0.6) is 0 Å². The van der Waals surface area contributed by atoms with Crippen molar-refractivity contribution in [1.82, 2.24) is 4.90 Å². The van der Waals surface area contributed by atoms with Crippen LogP contribution in [0.1, 0.15) is 51.9 Å². The summed E-state index contributed by atoms with van der Waals surface area (Å²) in [6.45, 7) is 5.72. The van der Waals surface area contributed by atoms with Gasteiger partial charge >= 0.3 is 0 Å². The fourth-order valence-corrected chi connectivity index (χ4v) is 4.15. The summed E-state index contributed by atoms with van der Waals surface area (Å²) in [5.74, 6) is 2.96. The van der Waals surface area contributed by atoms with Gasteiger partial charge in [0.15, 0.2) is 0 Å². The molecule has 0 aromatic carbocycles. The van der Waals surface area contributed by atoms with Crippen molar-refractivity contribution in [3.63, 3.8) is 0 Å². The maximum atomic E-state index is 9.09. The van der Waals surface area contributed by atoms with Crippen molar-refractivity contribution in [3.05, 3.63) is 0 Å². The third-order valence-corrected chi connectivity index (χ3v) is 5.08. The molecule has 0 aromatic rings. The van der Waals surface area contributed by atoms with Crippen LogP contribution in [0.25, 0.3) is 0 Å². The smallest absolute Gasteiger partial charge is 0.0558 e. The number of aliphatic hydroxyl groups excluding tert-OH is 1. The van der Waals surface area contributed by atoms with Gasteiger partial charge in [-0.25, -0.2) is 0 Å². The van der Waals surface area contributed by atoms with Gasteiger partial charge in [-0.05, 0) is 37.1 Å². The highest BCUT2D eigenvalue weighted by Crippen LogP contribution is 2.43. The van der Waals surface area contributed by atoms with Gasteiger partial charge in [0.1, 0.15) is 0 Å². The molecule has 0 aromatic heterocycles. The molecule has 3 atom stereocenters. The van der Waals surface area contributed by atoms with Gasteiger partial charge in [0.25, 0.3) is 0 Å². The summed E-state index contributed by atoms with van der Waals surface area (Å²) >= 11 is 0. The maximum Gasteiger partial charge on any atom is 0.0558 e. The van der Waals surface area contributed by atoms with Crippen LogP contribution in [-0.2, 0) is 0 Å². The highest BCUT2D eigenvalue weighted by atomic mass is 35.5. The molecule has 0 aliphatic heterocycles. The van der Waals surface area contributed by atoms with E-state index < -0.39 is 0 Å². The van der Waals surface area contributed by atoms with Crippen molar-refractivity contribution >= 4 is 12.4 Å². The minimum Gasteiger partial charge on any atom is -0.395 e. The normalized spacial score (nSPS) is 31.8.